The summed E-state index contributed by atoms with van der Waals surface area (Å²) in [6.07, 6.45) is -13.9. The lowest BCUT2D eigenvalue weighted by Gasteiger charge is -2.51. The number of fused-ring (bicyclic) bond motifs is 1. The van der Waals surface area contributed by atoms with Crippen LogP contribution in [0.15, 0.2) is 182 Å². The normalized spacial score (nSPS) is 26.2. The second kappa shape index (κ2) is 23.0. The fourth-order valence-corrected chi connectivity index (χ4v) is 8.41. The van der Waals surface area contributed by atoms with Crippen LogP contribution < -0.4 is 0 Å². The molecule has 3 aliphatic heterocycles. The Hall–Kier alpha value is -7.08. The summed E-state index contributed by atoms with van der Waals surface area (Å²) < 4.78 is 70.5. The molecule has 11 atom stereocenters. The summed E-state index contributed by atoms with van der Waals surface area (Å²) in [6, 6.07) is 51.5. The maximum atomic E-state index is 14.3. The minimum atomic E-state index is -1.70. The van der Waals surface area contributed by atoms with Crippen molar-refractivity contribution in [1.82, 2.24) is 0 Å². The van der Waals surface area contributed by atoms with Crippen molar-refractivity contribution in [2.24, 2.45) is 0 Å². The molecule has 3 fully saturated rings. The van der Waals surface area contributed by atoms with Gasteiger partial charge in [-0.2, -0.15) is 0 Å². The highest BCUT2D eigenvalue weighted by molar-refractivity contribution is 5.91. The Morgan fingerprint density at radius 2 is 0.957 bits per heavy atom. The first-order chi connectivity index (χ1) is 34.3. The van der Waals surface area contributed by atoms with Gasteiger partial charge in [-0.3, -0.25) is 0 Å². The van der Waals surface area contributed by atoms with E-state index >= 15 is 0 Å². The second-order valence-electron chi connectivity index (χ2n) is 16.5. The lowest BCUT2D eigenvalue weighted by atomic mass is 9.95. The molecule has 6 aromatic rings. The van der Waals surface area contributed by atoms with Gasteiger partial charge < -0.3 is 52.1 Å². The number of methoxy groups -OCH3 is 1. The van der Waals surface area contributed by atoms with E-state index in [-0.39, 0.29) is 35.5 Å². The summed E-state index contributed by atoms with van der Waals surface area (Å²) in [7, 11) is 1.43. The zero-order chi connectivity index (χ0) is 48.2. The molecule has 0 N–H and O–H groups in total. The average molecular weight is 951 g/mol. The molecule has 70 heavy (non-hydrogen) atoms. The molecule has 3 heterocycles. The predicted octanol–water partition coefficient (Wildman–Crippen LogP) is 7.70. The third-order valence-electron chi connectivity index (χ3n) is 11.9. The molecule has 0 amide bonds. The van der Waals surface area contributed by atoms with Gasteiger partial charge in [0.1, 0.15) is 37.1 Å². The lowest BCUT2D eigenvalue weighted by Crippen LogP contribution is -2.67. The molecule has 3 aliphatic rings. The molecular weight excluding hydrogens is 901 g/mol. The Labute approximate surface area is 404 Å². The van der Waals surface area contributed by atoms with Crippen LogP contribution >= 0.6 is 0 Å². The largest absolute Gasteiger partial charge is 0.459 e. The van der Waals surface area contributed by atoms with Crippen LogP contribution in [0.5, 0.6) is 0 Å². The number of esters is 4. The van der Waals surface area contributed by atoms with Gasteiger partial charge in [0.2, 0.25) is 0 Å². The van der Waals surface area contributed by atoms with Crippen LogP contribution in [-0.4, -0.2) is 106 Å². The summed E-state index contributed by atoms with van der Waals surface area (Å²) in [6.45, 7) is -0.373. The van der Waals surface area contributed by atoms with E-state index in [4.69, 9.17) is 52.1 Å². The molecular formula is C55H50O15. The quantitative estimate of drug-likeness (QED) is 0.0683. The predicted molar refractivity (Wildman–Crippen MR) is 248 cm³/mol. The highest BCUT2D eigenvalue weighted by atomic mass is 16.8. The van der Waals surface area contributed by atoms with Crippen molar-refractivity contribution in [2.45, 2.75) is 74.3 Å². The van der Waals surface area contributed by atoms with Gasteiger partial charge in [0.15, 0.2) is 37.2 Å². The topological polar surface area (TPSA) is 170 Å². The van der Waals surface area contributed by atoms with Crippen molar-refractivity contribution < 1.29 is 71.3 Å². The van der Waals surface area contributed by atoms with Crippen molar-refractivity contribution >= 4 is 23.9 Å². The van der Waals surface area contributed by atoms with E-state index in [1.807, 2.05) is 60.7 Å². The van der Waals surface area contributed by atoms with E-state index in [0.717, 1.165) is 11.1 Å². The van der Waals surface area contributed by atoms with Gasteiger partial charge in [-0.25, -0.2) is 19.2 Å². The molecule has 0 saturated carbocycles. The van der Waals surface area contributed by atoms with Crippen molar-refractivity contribution in [3.8, 4) is 0 Å². The standard InChI is InChI=1S/C55H50O15/c1-60-54-47(45(61-32-35-20-8-2-9-21-35)43-42(64-54)34-63-53(69-43)40-30-18-7-19-31-40)70-55-48(68-52(59)39-28-16-6-17-29-39)46(67-51(58)38-26-14-5-15-27-38)44(66-50(57)37-24-12-4-13-25-37)41(65-55)33-62-49(56)36-22-10-3-11-23-36/h2-31,41-48,53-55H,32-34H2,1H3/t41-,42-,43-,44-,45+,46+,47+,48-,53?,54+,55+/m1/s1. The van der Waals surface area contributed by atoms with Crippen molar-refractivity contribution in [1.29, 1.82) is 0 Å². The molecule has 0 radical (unpaired) electrons. The number of hydrogen-bond acceptors (Lipinski definition) is 15. The van der Waals surface area contributed by atoms with E-state index in [1.165, 1.54) is 31.4 Å². The molecule has 0 bridgehead atoms. The minimum absolute atomic E-state index is 0.0933. The van der Waals surface area contributed by atoms with E-state index in [1.54, 1.807) is 97.1 Å². The number of hydrogen-bond donors (Lipinski definition) is 0. The van der Waals surface area contributed by atoms with Crippen LogP contribution in [0.25, 0.3) is 0 Å². The van der Waals surface area contributed by atoms with Crippen molar-refractivity contribution in [3.05, 3.63) is 215 Å². The van der Waals surface area contributed by atoms with Gasteiger partial charge in [-0.05, 0) is 54.1 Å². The van der Waals surface area contributed by atoms with Crippen LogP contribution in [0.3, 0.4) is 0 Å². The van der Waals surface area contributed by atoms with Gasteiger partial charge in [0.25, 0.3) is 0 Å². The molecule has 3 saturated heterocycles. The van der Waals surface area contributed by atoms with Gasteiger partial charge in [0, 0.05) is 12.7 Å². The third-order valence-corrected chi connectivity index (χ3v) is 11.9. The molecule has 360 valence electrons. The average Bonchev–Trinajstić information content (AvgIpc) is 3.42. The van der Waals surface area contributed by atoms with Crippen molar-refractivity contribution in [3.63, 3.8) is 0 Å². The lowest BCUT2D eigenvalue weighted by molar-refractivity contribution is -0.394. The van der Waals surface area contributed by atoms with E-state index in [9.17, 15) is 19.2 Å². The molecule has 0 aromatic heterocycles. The summed E-state index contributed by atoms with van der Waals surface area (Å²) in [5.41, 5.74) is 2.23. The fourth-order valence-electron chi connectivity index (χ4n) is 8.41. The fraction of sp³-hybridized carbons (Fsp3) is 0.273. The highest BCUT2D eigenvalue weighted by Gasteiger charge is 2.58. The van der Waals surface area contributed by atoms with Crippen LogP contribution in [0.4, 0.5) is 0 Å². The number of ether oxygens (including phenoxy) is 11. The highest BCUT2D eigenvalue weighted by Crippen LogP contribution is 2.40. The summed E-state index contributed by atoms with van der Waals surface area (Å²) in [4.78, 5) is 56.3. The Morgan fingerprint density at radius 3 is 1.49 bits per heavy atom. The van der Waals surface area contributed by atoms with Crippen LogP contribution in [0, 0.1) is 0 Å². The molecule has 6 aromatic carbocycles. The van der Waals surface area contributed by atoms with Crippen LogP contribution in [0.1, 0.15) is 58.8 Å². The third kappa shape index (κ3) is 11.5. The first kappa shape index (κ1) is 48.0. The monoisotopic (exact) mass is 950 g/mol. The van der Waals surface area contributed by atoms with E-state index in [2.05, 4.69) is 0 Å². The van der Waals surface area contributed by atoms with Crippen molar-refractivity contribution in [2.75, 3.05) is 20.3 Å². The molecule has 0 spiro atoms. The number of rotatable bonds is 16. The molecule has 9 rings (SSSR count). The van der Waals surface area contributed by atoms with Gasteiger partial charge in [0.05, 0.1) is 35.5 Å². The Morgan fingerprint density at radius 1 is 0.486 bits per heavy atom. The SMILES string of the molecule is CO[C@H]1O[C@@H]2COC(c3ccccc3)O[C@H]2[C@H](OCc2ccccc2)[C@@H]1O[C@@H]1O[C@H](COC(=O)c2ccccc2)[C@@H](OC(=O)c2ccccc2)[C@H](OC(=O)c2ccccc2)[C@H]1OC(=O)c1ccccc1. The second-order valence-corrected chi connectivity index (χ2v) is 16.5. The number of carbonyl (C=O) groups is 4. The van der Waals surface area contributed by atoms with Crippen LogP contribution in [-0.2, 0) is 58.7 Å². The maximum absolute atomic E-state index is 14.3. The zero-order valence-corrected chi connectivity index (χ0v) is 37.9. The Balaban J connectivity index is 1.13. The minimum Gasteiger partial charge on any atom is -0.459 e. The molecule has 0 aliphatic carbocycles. The van der Waals surface area contributed by atoms with E-state index in [0.29, 0.717) is 0 Å². The molecule has 15 nitrogen and oxygen atoms in total. The molecule has 1 unspecified atom stereocenters. The summed E-state index contributed by atoms with van der Waals surface area (Å²) in [5.74, 6) is -3.29. The van der Waals surface area contributed by atoms with Gasteiger partial charge in [-0.1, -0.05) is 133 Å². The summed E-state index contributed by atoms with van der Waals surface area (Å²) in [5, 5.41) is 0. The first-order valence-electron chi connectivity index (χ1n) is 22.8. The summed E-state index contributed by atoms with van der Waals surface area (Å²) >= 11 is 0. The van der Waals surface area contributed by atoms with Gasteiger partial charge in [-0.15, -0.1) is 0 Å². The van der Waals surface area contributed by atoms with E-state index < -0.39 is 98.2 Å². The molecule has 15 heteroatoms. The zero-order valence-electron chi connectivity index (χ0n) is 37.9. The van der Waals surface area contributed by atoms with Crippen LogP contribution in [0.2, 0.25) is 0 Å². The Bertz CT molecular complexity index is 2620. The van der Waals surface area contributed by atoms with Gasteiger partial charge >= 0.3 is 23.9 Å². The smallest absolute Gasteiger partial charge is 0.338 e. The Kier molecular flexibility index (Phi) is 15.8. The maximum Gasteiger partial charge on any atom is 0.338 e. The number of benzene rings is 6. The number of carbonyl (C=O) groups excluding carboxylic acids is 4. The first-order valence-corrected chi connectivity index (χ1v) is 22.8.